The number of nitrogens with one attached hydrogen (secondary N) is 1. The Morgan fingerprint density at radius 1 is 1.06 bits per heavy atom. The smallest absolute Gasteiger partial charge is 0.258 e. The van der Waals surface area contributed by atoms with Crippen LogP contribution in [0.2, 0.25) is 0 Å². The normalized spacial score (nSPS) is 12.2. The van der Waals surface area contributed by atoms with Gasteiger partial charge in [0, 0.05) is 20.2 Å². The maximum absolute atomic E-state index is 12.4. The van der Waals surface area contributed by atoms with Crippen molar-refractivity contribution in [3.05, 3.63) is 58.8 Å². The lowest BCUT2D eigenvalue weighted by atomic mass is 10.1. The van der Waals surface area contributed by atoms with Gasteiger partial charge >= 0.3 is 0 Å². The number of benzene rings is 1. The van der Waals surface area contributed by atoms with Crippen molar-refractivity contribution in [3.8, 4) is 17.3 Å². The van der Waals surface area contributed by atoms with Crippen LogP contribution in [0.4, 0.5) is 0 Å². The van der Waals surface area contributed by atoms with Crippen LogP contribution < -0.4 is 10.1 Å². The zero-order valence-electron chi connectivity index (χ0n) is 19.3. The minimum absolute atomic E-state index is 0.106. The fraction of sp³-hybridized carbons (Fsp3) is 0.333. The molecule has 32 heavy (non-hydrogen) atoms. The van der Waals surface area contributed by atoms with Crippen LogP contribution in [-0.2, 0) is 18.9 Å². The largest absolute Gasteiger partial charge is 0.468 e. The third kappa shape index (κ3) is 4.21. The van der Waals surface area contributed by atoms with Gasteiger partial charge in [-0.3, -0.25) is 9.48 Å². The van der Waals surface area contributed by atoms with Crippen molar-refractivity contribution in [1.82, 2.24) is 29.9 Å². The van der Waals surface area contributed by atoms with E-state index in [0.29, 0.717) is 11.5 Å². The fourth-order valence-electron chi connectivity index (χ4n) is 3.85. The van der Waals surface area contributed by atoms with Gasteiger partial charge in [0.25, 0.3) is 5.91 Å². The van der Waals surface area contributed by atoms with Crippen molar-refractivity contribution in [2.24, 2.45) is 14.1 Å². The molecule has 0 bridgehead atoms. The number of hydrogen-bond acceptors (Lipinski definition) is 5. The molecular formula is C24H28N6O2. The molecule has 0 aliphatic carbocycles. The molecule has 8 heteroatoms. The first-order valence-corrected chi connectivity index (χ1v) is 10.6. The number of nitrogens with zero attached hydrogens (tertiary/aromatic N) is 5. The molecule has 0 radical (unpaired) electrons. The molecule has 4 rings (SSSR count). The lowest BCUT2D eigenvalue weighted by molar-refractivity contribution is -0.123. The Balaban J connectivity index is 1.50. The van der Waals surface area contributed by atoms with Crippen molar-refractivity contribution in [2.45, 2.75) is 33.7 Å². The number of ether oxygens (including phenoxy) is 1. The minimum atomic E-state index is -0.200. The monoisotopic (exact) mass is 432 g/mol. The third-order valence-corrected chi connectivity index (χ3v) is 5.52. The topological polar surface area (TPSA) is 86.9 Å². The summed E-state index contributed by atoms with van der Waals surface area (Å²) in [6, 6.07) is 11.8. The van der Waals surface area contributed by atoms with Gasteiger partial charge < -0.3 is 10.1 Å². The highest BCUT2D eigenvalue weighted by Gasteiger charge is 2.19. The summed E-state index contributed by atoms with van der Waals surface area (Å²) in [5, 5.41) is 13.0. The van der Waals surface area contributed by atoms with Crippen molar-refractivity contribution in [3.63, 3.8) is 0 Å². The highest BCUT2D eigenvalue weighted by Crippen LogP contribution is 2.31. The first-order chi connectivity index (χ1) is 15.2. The molecule has 1 aromatic carbocycles. The Hall–Kier alpha value is -3.68. The van der Waals surface area contributed by atoms with Crippen LogP contribution in [-0.4, -0.2) is 37.1 Å². The van der Waals surface area contributed by atoms with E-state index in [1.54, 1.807) is 4.68 Å². The summed E-state index contributed by atoms with van der Waals surface area (Å²) in [7, 11) is 3.75. The lowest BCUT2D eigenvalue weighted by Crippen LogP contribution is -2.31. The summed E-state index contributed by atoms with van der Waals surface area (Å²) in [6.45, 7) is 7.82. The van der Waals surface area contributed by atoms with Gasteiger partial charge in [0.15, 0.2) is 12.3 Å². The van der Waals surface area contributed by atoms with E-state index in [-0.39, 0.29) is 18.6 Å². The molecule has 1 atom stereocenters. The van der Waals surface area contributed by atoms with Gasteiger partial charge in [-0.2, -0.15) is 15.2 Å². The number of rotatable bonds is 6. The molecule has 8 nitrogen and oxygen atoms in total. The quantitative estimate of drug-likeness (QED) is 0.504. The number of hydrogen-bond donors (Lipinski definition) is 1. The Bertz CT molecular complexity index is 1290. The van der Waals surface area contributed by atoms with E-state index >= 15 is 0 Å². The van der Waals surface area contributed by atoms with Crippen LogP contribution in [0.3, 0.4) is 0 Å². The van der Waals surface area contributed by atoms with Crippen LogP contribution in [0.25, 0.3) is 22.4 Å². The van der Waals surface area contributed by atoms with Crippen LogP contribution >= 0.6 is 0 Å². The fourth-order valence-corrected chi connectivity index (χ4v) is 3.85. The van der Waals surface area contributed by atoms with Crippen LogP contribution in [0.5, 0.6) is 5.88 Å². The van der Waals surface area contributed by atoms with Crippen molar-refractivity contribution >= 4 is 16.9 Å². The lowest BCUT2D eigenvalue weighted by Gasteiger charge is -2.15. The summed E-state index contributed by atoms with van der Waals surface area (Å²) >= 11 is 0. The zero-order valence-corrected chi connectivity index (χ0v) is 19.3. The van der Waals surface area contributed by atoms with E-state index in [1.807, 2.05) is 82.9 Å². The molecule has 4 aromatic rings. The average Bonchev–Trinajstić information content (AvgIpc) is 3.25. The van der Waals surface area contributed by atoms with Crippen molar-refractivity contribution in [2.75, 3.05) is 6.61 Å². The van der Waals surface area contributed by atoms with Gasteiger partial charge in [0.05, 0.1) is 22.8 Å². The molecular weight excluding hydrogens is 404 g/mol. The number of aryl methyl sites for hydroxylation is 5. The van der Waals surface area contributed by atoms with Crippen LogP contribution in [0, 0.1) is 20.8 Å². The SMILES string of the molecule is Cc1ccc([C@H](C)NC(=O)COc2cc(C)c3c(-c4cc(C)nn4C)nn(C)c3n2)cc1. The van der Waals surface area contributed by atoms with E-state index < -0.39 is 0 Å². The first-order valence-electron chi connectivity index (χ1n) is 10.6. The number of pyridine rings is 1. The first kappa shape index (κ1) is 21.5. The summed E-state index contributed by atoms with van der Waals surface area (Å²) in [5.74, 6) is 0.192. The molecule has 0 saturated heterocycles. The predicted molar refractivity (Wildman–Crippen MR) is 123 cm³/mol. The molecule has 3 heterocycles. The summed E-state index contributed by atoms with van der Waals surface area (Å²) < 4.78 is 9.28. The van der Waals surface area contributed by atoms with Crippen LogP contribution in [0.1, 0.15) is 35.3 Å². The summed E-state index contributed by atoms with van der Waals surface area (Å²) in [6.07, 6.45) is 0. The second-order valence-corrected chi connectivity index (χ2v) is 8.23. The second kappa shape index (κ2) is 8.45. The van der Waals surface area contributed by atoms with E-state index in [2.05, 4.69) is 20.5 Å². The number of fused-ring (bicyclic) bond motifs is 1. The van der Waals surface area contributed by atoms with E-state index in [0.717, 1.165) is 33.6 Å². The zero-order chi connectivity index (χ0) is 23.0. The molecule has 1 N–H and O–H groups in total. The van der Waals surface area contributed by atoms with Gasteiger partial charge in [-0.15, -0.1) is 0 Å². The van der Waals surface area contributed by atoms with E-state index in [1.165, 1.54) is 5.56 Å². The van der Waals surface area contributed by atoms with Gasteiger partial charge in [0.1, 0.15) is 5.69 Å². The maximum atomic E-state index is 12.4. The third-order valence-electron chi connectivity index (χ3n) is 5.52. The molecule has 3 aromatic heterocycles. The Labute approximate surface area is 187 Å². The van der Waals surface area contributed by atoms with Gasteiger partial charge in [0.2, 0.25) is 5.88 Å². The molecule has 0 spiro atoms. The Morgan fingerprint density at radius 3 is 2.44 bits per heavy atom. The second-order valence-electron chi connectivity index (χ2n) is 8.23. The number of amides is 1. The number of carbonyl (C=O) groups is 1. The molecule has 0 aliphatic heterocycles. The van der Waals surface area contributed by atoms with E-state index in [9.17, 15) is 4.79 Å². The van der Waals surface area contributed by atoms with Gasteiger partial charge in [-0.05, 0) is 44.9 Å². The maximum Gasteiger partial charge on any atom is 0.258 e. The Kier molecular flexibility index (Phi) is 5.69. The Morgan fingerprint density at radius 2 is 1.78 bits per heavy atom. The molecule has 1 amide bonds. The van der Waals surface area contributed by atoms with E-state index in [4.69, 9.17) is 4.74 Å². The predicted octanol–water partition coefficient (Wildman–Crippen LogP) is 3.55. The van der Waals surface area contributed by atoms with Gasteiger partial charge in [-0.25, -0.2) is 4.68 Å². The molecule has 0 aliphatic rings. The highest BCUT2D eigenvalue weighted by atomic mass is 16.5. The molecule has 0 saturated carbocycles. The summed E-state index contributed by atoms with van der Waals surface area (Å²) in [5.41, 5.74) is 6.58. The van der Waals surface area contributed by atoms with Gasteiger partial charge in [-0.1, -0.05) is 29.8 Å². The van der Waals surface area contributed by atoms with Crippen LogP contribution in [0.15, 0.2) is 36.4 Å². The highest BCUT2D eigenvalue weighted by molar-refractivity contribution is 5.93. The van der Waals surface area contributed by atoms with Crippen molar-refractivity contribution < 1.29 is 9.53 Å². The average molecular weight is 433 g/mol. The standard InChI is InChI=1S/C24H28N6O2/c1-14-7-9-18(10-8-14)17(4)25-20(31)13-32-21-11-15(2)22-23(28-30(6)24(22)26-21)19-12-16(3)27-29(19)5/h7-12,17H,13H2,1-6H3,(H,25,31)/t17-/m0/s1. The minimum Gasteiger partial charge on any atom is -0.468 e. The van der Waals surface area contributed by atoms with Crippen molar-refractivity contribution in [1.29, 1.82) is 0 Å². The number of carbonyl (C=O) groups excluding carboxylic acids is 1. The molecule has 0 fully saturated rings. The number of aromatic nitrogens is 5. The summed E-state index contributed by atoms with van der Waals surface area (Å²) in [4.78, 5) is 17.0. The molecule has 166 valence electrons. The molecule has 0 unspecified atom stereocenters.